The van der Waals surface area contributed by atoms with Gasteiger partial charge in [0.2, 0.25) is 0 Å². The van der Waals surface area contributed by atoms with E-state index in [9.17, 15) is 19.5 Å². The Kier molecular flexibility index (Phi) is 5.62. The molecule has 0 spiro atoms. The summed E-state index contributed by atoms with van der Waals surface area (Å²) >= 11 is 0. The topological polar surface area (TPSA) is 101 Å². The Morgan fingerprint density at radius 2 is 1.88 bits per heavy atom. The average molecular weight is 346 g/mol. The second kappa shape index (κ2) is 7.51. The first-order valence-electron chi connectivity index (χ1n) is 8.22. The summed E-state index contributed by atoms with van der Waals surface area (Å²) < 4.78 is 5.06. The van der Waals surface area contributed by atoms with Crippen LogP contribution < -0.4 is 0 Å². The highest BCUT2D eigenvalue weighted by Gasteiger charge is 2.33. The maximum atomic E-state index is 12.0. The van der Waals surface area contributed by atoms with Gasteiger partial charge in [0.25, 0.3) is 0 Å². The van der Waals surface area contributed by atoms with Gasteiger partial charge in [-0.25, -0.2) is 9.59 Å². The van der Waals surface area contributed by atoms with Gasteiger partial charge in [-0.3, -0.25) is 4.79 Å². The first-order chi connectivity index (χ1) is 11.8. The number of rotatable bonds is 7. The first-order valence-corrected chi connectivity index (χ1v) is 8.22. The van der Waals surface area contributed by atoms with Crippen molar-refractivity contribution in [3.8, 4) is 0 Å². The SMILES string of the molecule is CCc1c(C)c2c(c(C(=O)O)c1CC=C(C)CCC(=O)O)C(=O)OC2. The van der Waals surface area contributed by atoms with Crippen molar-refractivity contribution >= 4 is 17.9 Å². The predicted octanol–water partition coefficient (Wildman–Crippen LogP) is 3.28. The highest BCUT2D eigenvalue weighted by Crippen LogP contribution is 2.34. The molecule has 0 fully saturated rings. The van der Waals surface area contributed by atoms with Gasteiger partial charge in [0.15, 0.2) is 0 Å². The van der Waals surface area contributed by atoms with E-state index >= 15 is 0 Å². The number of cyclic esters (lactones) is 1. The Labute approximate surface area is 146 Å². The molecule has 2 N–H and O–H groups in total. The lowest BCUT2D eigenvalue weighted by Gasteiger charge is -2.17. The fourth-order valence-corrected chi connectivity index (χ4v) is 3.29. The molecule has 0 radical (unpaired) electrons. The summed E-state index contributed by atoms with van der Waals surface area (Å²) in [5.74, 6) is -2.60. The second-order valence-electron chi connectivity index (χ2n) is 6.19. The molecule has 1 aromatic carbocycles. The number of carbonyl (C=O) groups excluding carboxylic acids is 1. The third-order valence-corrected chi connectivity index (χ3v) is 4.63. The molecule has 0 saturated heterocycles. The lowest BCUT2D eigenvalue weighted by Crippen LogP contribution is -2.14. The maximum Gasteiger partial charge on any atom is 0.339 e. The van der Waals surface area contributed by atoms with Crippen LogP contribution in [-0.4, -0.2) is 28.1 Å². The van der Waals surface area contributed by atoms with Gasteiger partial charge < -0.3 is 14.9 Å². The van der Waals surface area contributed by atoms with Crippen LogP contribution >= 0.6 is 0 Å². The molecule has 1 aliphatic rings. The number of esters is 1. The number of fused-ring (bicyclic) bond motifs is 1. The van der Waals surface area contributed by atoms with E-state index < -0.39 is 17.9 Å². The molecular weight excluding hydrogens is 324 g/mol. The fraction of sp³-hybridized carbons (Fsp3) is 0.421. The number of carboxylic acid groups (broad SMARTS) is 2. The van der Waals surface area contributed by atoms with Gasteiger partial charge in [0.1, 0.15) is 6.61 Å². The number of benzene rings is 1. The molecule has 0 amide bonds. The molecule has 6 heteroatoms. The van der Waals surface area contributed by atoms with E-state index in [0.29, 0.717) is 30.4 Å². The summed E-state index contributed by atoms with van der Waals surface area (Å²) in [6.45, 7) is 5.77. The number of ether oxygens (including phenoxy) is 1. The minimum atomic E-state index is -1.14. The molecule has 6 nitrogen and oxygen atoms in total. The van der Waals surface area contributed by atoms with Gasteiger partial charge in [0.05, 0.1) is 11.1 Å². The Morgan fingerprint density at radius 1 is 1.20 bits per heavy atom. The van der Waals surface area contributed by atoms with Crippen molar-refractivity contribution in [2.45, 2.75) is 53.1 Å². The Hall–Kier alpha value is -2.63. The number of aliphatic carboxylic acids is 1. The van der Waals surface area contributed by atoms with Crippen LogP contribution in [0.1, 0.15) is 69.7 Å². The number of carbonyl (C=O) groups is 3. The van der Waals surface area contributed by atoms with Crippen molar-refractivity contribution in [2.24, 2.45) is 0 Å². The minimum Gasteiger partial charge on any atom is -0.481 e. The monoisotopic (exact) mass is 346 g/mol. The summed E-state index contributed by atoms with van der Waals surface area (Å²) in [5.41, 5.74) is 4.14. The molecule has 0 saturated carbocycles. The summed E-state index contributed by atoms with van der Waals surface area (Å²) in [4.78, 5) is 34.6. The maximum absolute atomic E-state index is 12.0. The molecule has 1 heterocycles. The second-order valence-corrected chi connectivity index (χ2v) is 6.19. The number of carboxylic acids is 2. The fourth-order valence-electron chi connectivity index (χ4n) is 3.29. The zero-order valence-electron chi connectivity index (χ0n) is 14.6. The zero-order valence-corrected chi connectivity index (χ0v) is 14.6. The van der Waals surface area contributed by atoms with E-state index in [1.165, 1.54) is 0 Å². The molecule has 1 aromatic rings. The van der Waals surface area contributed by atoms with Crippen molar-refractivity contribution in [2.75, 3.05) is 0 Å². The first kappa shape index (κ1) is 18.7. The largest absolute Gasteiger partial charge is 0.481 e. The van der Waals surface area contributed by atoms with Gasteiger partial charge in [0, 0.05) is 12.0 Å². The van der Waals surface area contributed by atoms with Crippen molar-refractivity contribution in [3.05, 3.63) is 45.0 Å². The van der Waals surface area contributed by atoms with Crippen LogP contribution in [0.25, 0.3) is 0 Å². The Morgan fingerprint density at radius 3 is 2.44 bits per heavy atom. The Balaban J connectivity index is 2.53. The van der Waals surface area contributed by atoms with Crippen molar-refractivity contribution in [1.29, 1.82) is 0 Å². The lowest BCUT2D eigenvalue weighted by molar-refractivity contribution is -0.136. The predicted molar refractivity (Wildman–Crippen MR) is 91.0 cm³/mol. The van der Waals surface area contributed by atoms with E-state index in [1.54, 1.807) is 0 Å². The third-order valence-electron chi connectivity index (χ3n) is 4.63. The summed E-state index contributed by atoms with van der Waals surface area (Å²) in [6.07, 6.45) is 3.27. The van der Waals surface area contributed by atoms with Crippen molar-refractivity contribution < 1.29 is 29.3 Å². The van der Waals surface area contributed by atoms with Crippen molar-refractivity contribution in [1.82, 2.24) is 0 Å². The third kappa shape index (κ3) is 3.73. The van der Waals surface area contributed by atoms with Crippen LogP contribution in [0, 0.1) is 6.92 Å². The molecule has 0 unspecified atom stereocenters. The van der Waals surface area contributed by atoms with E-state index in [4.69, 9.17) is 9.84 Å². The number of aromatic carboxylic acids is 1. The highest BCUT2D eigenvalue weighted by atomic mass is 16.5. The van der Waals surface area contributed by atoms with Crippen LogP contribution in [0.15, 0.2) is 11.6 Å². The summed E-state index contributed by atoms with van der Waals surface area (Å²) in [6, 6.07) is 0. The summed E-state index contributed by atoms with van der Waals surface area (Å²) in [7, 11) is 0. The van der Waals surface area contributed by atoms with Crippen LogP contribution in [0.2, 0.25) is 0 Å². The van der Waals surface area contributed by atoms with Gasteiger partial charge in [-0.1, -0.05) is 18.6 Å². The molecular formula is C19H22O6. The number of hydrogen-bond donors (Lipinski definition) is 2. The lowest BCUT2D eigenvalue weighted by atomic mass is 9.85. The van der Waals surface area contributed by atoms with Gasteiger partial charge >= 0.3 is 17.9 Å². The van der Waals surface area contributed by atoms with Crippen LogP contribution in [-0.2, 0) is 29.0 Å². The minimum absolute atomic E-state index is 0.0160. The highest BCUT2D eigenvalue weighted by molar-refractivity contribution is 6.06. The molecule has 0 aliphatic carbocycles. The molecule has 2 rings (SSSR count). The molecule has 0 atom stereocenters. The van der Waals surface area contributed by atoms with E-state index in [-0.39, 0.29) is 24.2 Å². The van der Waals surface area contributed by atoms with Gasteiger partial charge in [-0.15, -0.1) is 0 Å². The Bertz CT molecular complexity index is 773. The number of allylic oxidation sites excluding steroid dienone is 2. The van der Waals surface area contributed by atoms with Crippen molar-refractivity contribution in [3.63, 3.8) is 0 Å². The quantitative estimate of drug-likeness (QED) is 0.580. The molecule has 134 valence electrons. The zero-order chi connectivity index (χ0) is 18.7. The molecule has 0 bridgehead atoms. The van der Waals surface area contributed by atoms with E-state index in [0.717, 1.165) is 16.7 Å². The van der Waals surface area contributed by atoms with E-state index in [2.05, 4.69) is 0 Å². The van der Waals surface area contributed by atoms with Gasteiger partial charge in [-0.05, 0) is 49.8 Å². The standard InChI is InChI=1S/C19H22O6/c1-4-12-11(3)14-9-25-19(24)17(14)16(18(22)23)13(12)7-5-10(2)6-8-15(20)21/h5H,4,6-9H2,1-3H3,(H,20,21)(H,22,23). The summed E-state index contributed by atoms with van der Waals surface area (Å²) in [5, 5.41) is 18.5. The molecule has 1 aliphatic heterocycles. The van der Waals surface area contributed by atoms with Crippen LogP contribution in [0.3, 0.4) is 0 Å². The van der Waals surface area contributed by atoms with Gasteiger partial charge in [-0.2, -0.15) is 0 Å². The normalized spacial score (nSPS) is 13.6. The smallest absolute Gasteiger partial charge is 0.339 e. The number of hydrogen-bond acceptors (Lipinski definition) is 4. The van der Waals surface area contributed by atoms with E-state index in [1.807, 2.05) is 26.8 Å². The van der Waals surface area contributed by atoms with Crippen LogP contribution in [0.5, 0.6) is 0 Å². The molecule has 25 heavy (non-hydrogen) atoms. The van der Waals surface area contributed by atoms with Crippen LogP contribution in [0.4, 0.5) is 0 Å². The molecule has 0 aromatic heterocycles. The average Bonchev–Trinajstić information content (AvgIpc) is 2.92.